The summed E-state index contributed by atoms with van der Waals surface area (Å²) in [6.45, 7) is 0.0400. The van der Waals surface area contributed by atoms with Gasteiger partial charge < -0.3 is 5.73 Å². The van der Waals surface area contributed by atoms with Crippen LogP contribution in [0.4, 0.5) is 4.39 Å². The zero-order chi connectivity index (χ0) is 14.0. The lowest BCUT2D eigenvalue weighted by Crippen LogP contribution is -2.26. The topological polar surface area (TPSA) is 78.0 Å². The first kappa shape index (κ1) is 13.4. The maximum absolute atomic E-state index is 13.2. The fourth-order valence-electron chi connectivity index (χ4n) is 1.52. The van der Waals surface area contributed by atoms with E-state index < -0.39 is 17.3 Å². The molecule has 0 aliphatic carbocycles. The minimum Gasteiger partial charge on any atom is -0.364 e. The van der Waals surface area contributed by atoms with Crippen LogP contribution in [0.5, 0.6) is 0 Å². The molecule has 0 unspecified atom stereocenters. The summed E-state index contributed by atoms with van der Waals surface area (Å²) in [5, 5.41) is 3.82. The van der Waals surface area contributed by atoms with Crippen molar-refractivity contribution in [1.29, 1.82) is 0 Å². The maximum atomic E-state index is 13.2. The van der Waals surface area contributed by atoms with Gasteiger partial charge in [-0.25, -0.2) is 9.07 Å². The van der Waals surface area contributed by atoms with Crippen LogP contribution in [-0.4, -0.2) is 15.7 Å². The number of halogens is 2. The molecule has 2 N–H and O–H groups in total. The predicted octanol–water partition coefficient (Wildman–Crippen LogP) is 1.29. The van der Waals surface area contributed by atoms with Crippen LogP contribution < -0.4 is 11.3 Å². The molecule has 0 aliphatic heterocycles. The highest BCUT2D eigenvalue weighted by molar-refractivity contribution is 9.10. The molecule has 7 heteroatoms. The second-order valence-corrected chi connectivity index (χ2v) is 4.67. The molecule has 19 heavy (non-hydrogen) atoms. The second-order valence-electron chi connectivity index (χ2n) is 3.81. The van der Waals surface area contributed by atoms with Crippen molar-refractivity contribution in [3.63, 3.8) is 0 Å². The van der Waals surface area contributed by atoms with E-state index in [0.29, 0.717) is 10.0 Å². The van der Waals surface area contributed by atoms with E-state index in [-0.39, 0.29) is 12.2 Å². The van der Waals surface area contributed by atoms with Gasteiger partial charge in [-0.05, 0) is 29.8 Å². The van der Waals surface area contributed by atoms with Crippen LogP contribution in [0.15, 0.2) is 39.6 Å². The molecule has 2 aromatic rings. The van der Waals surface area contributed by atoms with Crippen LogP contribution in [0, 0.1) is 5.82 Å². The van der Waals surface area contributed by atoms with Crippen molar-refractivity contribution in [3.8, 4) is 0 Å². The maximum Gasteiger partial charge on any atom is 0.269 e. The number of hydrogen-bond acceptors (Lipinski definition) is 3. The van der Waals surface area contributed by atoms with Gasteiger partial charge in [-0.15, -0.1) is 0 Å². The Labute approximate surface area is 116 Å². The highest BCUT2D eigenvalue weighted by Crippen LogP contribution is 2.18. The molecule has 1 amide bonds. The lowest BCUT2D eigenvalue weighted by molar-refractivity contribution is 0.0993. The second kappa shape index (κ2) is 5.31. The minimum absolute atomic E-state index is 0.0212. The molecule has 0 radical (unpaired) electrons. The number of primary amides is 1. The van der Waals surface area contributed by atoms with Crippen molar-refractivity contribution in [2.45, 2.75) is 6.54 Å². The van der Waals surface area contributed by atoms with E-state index in [1.54, 1.807) is 0 Å². The summed E-state index contributed by atoms with van der Waals surface area (Å²) in [4.78, 5) is 22.6. The Bertz CT molecular complexity index is 700. The van der Waals surface area contributed by atoms with Gasteiger partial charge in [-0.2, -0.15) is 5.10 Å². The highest BCUT2D eigenvalue weighted by atomic mass is 79.9. The summed E-state index contributed by atoms with van der Waals surface area (Å²) in [5.74, 6) is -1.15. The standard InChI is InChI=1S/C12H9BrFN3O2/c13-9-2-1-8(14)5-7(9)6-17-11(18)4-3-10(16-17)12(15)19/h1-5H,6H2,(H2,15,19). The molecule has 0 atom stereocenters. The summed E-state index contributed by atoms with van der Waals surface area (Å²) in [6, 6.07) is 6.56. The van der Waals surface area contributed by atoms with Crippen molar-refractivity contribution in [2.24, 2.45) is 5.73 Å². The number of benzene rings is 1. The Balaban J connectivity index is 2.43. The summed E-state index contributed by atoms with van der Waals surface area (Å²) >= 11 is 3.26. The van der Waals surface area contributed by atoms with Crippen LogP contribution in [0.2, 0.25) is 0 Å². The molecule has 1 aromatic heterocycles. The molecule has 2 rings (SSSR count). The van der Waals surface area contributed by atoms with Gasteiger partial charge in [0.2, 0.25) is 0 Å². The van der Waals surface area contributed by atoms with Crippen molar-refractivity contribution in [2.75, 3.05) is 0 Å². The fourth-order valence-corrected chi connectivity index (χ4v) is 1.89. The van der Waals surface area contributed by atoms with E-state index in [9.17, 15) is 14.0 Å². The van der Waals surface area contributed by atoms with Gasteiger partial charge in [0.05, 0.1) is 6.54 Å². The normalized spacial score (nSPS) is 10.4. The van der Waals surface area contributed by atoms with E-state index in [1.807, 2.05) is 0 Å². The lowest BCUT2D eigenvalue weighted by atomic mass is 10.2. The van der Waals surface area contributed by atoms with Crippen molar-refractivity contribution in [1.82, 2.24) is 9.78 Å². The molecular formula is C12H9BrFN3O2. The number of carbonyl (C=O) groups excluding carboxylic acids is 1. The average molecular weight is 326 g/mol. The number of carbonyl (C=O) groups is 1. The van der Waals surface area contributed by atoms with Crippen molar-refractivity contribution < 1.29 is 9.18 Å². The molecule has 0 spiro atoms. The third-order valence-corrected chi connectivity index (χ3v) is 3.22. The molecule has 0 aliphatic rings. The Kier molecular flexibility index (Phi) is 3.75. The summed E-state index contributed by atoms with van der Waals surface area (Å²) < 4.78 is 14.9. The Morgan fingerprint density at radius 1 is 1.37 bits per heavy atom. The number of nitrogens with zero attached hydrogens (tertiary/aromatic N) is 2. The Morgan fingerprint density at radius 3 is 2.79 bits per heavy atom. The highest BCUT2D eigenvalue weighted by Gasteiger charge is 2.08. The first-order valence-corrected chi connectivity index (χ1v) is 6.08. The fraction of sp³-hybridized carbons (Fsp3) is 0.0833. The monoisotopic (exact) mass is 325 g/mol. The smallest absolute Gasteiger partial charge is 0.269 e. The first-order chi connectivity index (χ1) is 8.97. The van der Waals surface area contributed by atoms with Gasteiger partial charge in [0.1, 0.15) is 11.5 Å². The Hall–Kier alpha value is -2.02. The van der Waals surface area contributed by atoms with Crippen LogP contribution in [-0.2, 0) is 6.54 Å². The van der Waals surface area contributed by atoms with Crippen LogP contribution in [0.1, 0.15) is 16.1 Å². The van der Waals surface area contributed by atoms with Gasteiger partial charge in [0, 0.05) is 10.5 Å². The number of amides is 1. The Morgan fingerprint density at radius 2 is 2.11 bits per heavy atom. The van der Waals surface area contributed by atoms with Crippen molar-refractivity contribution >= 4 is 21.8 Å². The number of hydrogen-bond donors (Lipinski definition) is 1. The number of rotatable bonds is 3. The summed E-state index contributed by atoms with van der Waals surface area (Å²) in [5.41, 5.74) is 5.21. The van der Waals surface area contributed by atoms with E-state index in [0.717, 1.165) is 4.68 Å². The van der Waals surface area contributed by atoms with Gasteiger partial charge in [0.15, 0.2) is 0 Å². The largest absolute Gasteiger partial charge is 0.364 e. The molecule has 0 bridgehead atoms. The molecule has 98 valence electrons. The van der Waals surface area contributed by atoms with Crippen LogP contribution in [0.3, 0.4) is 0 Å². The average Bonchev–Trinajstić information content (AvgIpc) is 2.36. The van der Waals surface area contributed by atoms with E-state index >= 15 is 0 Å². The molecule has 0 saturated carbocycles. The van der Waals surface area contributed by atoms with Gasteiger partial charge >= 0.3 is 0 Å². The number of aromatic nitrogens is 2. The zero-order valence-corrected chi connectivity index (χ0v) is 11.2. The quantitative estimate of drug-likeness (QED) is 0.923. The summed E-state index contributed by atoms with van der Waals surface area (Å²) in [6.07, 6.45) is 0. The number of nitrogens with two attached hydrogens (primary N) is 1. The van der Waals surface area contributed by atoms with Crippen LogP contribution in [0.25, 0.3) is 0 Å². The lowest BCUT2D eigenvalue weighted by Gasteiger charge is -2.07. The predicted molar refractivity (Wildman–Crippen MR) is 70.2 cm³/mol. The molecule has 0 saturated heterocycles. The first-order valence-electron chi connectivity index (χ1n) is 5.29. The van der Waals surface area contributed by atoms with Crippen LogP contribution >= 0.6 is 15.9 Å². The molecule has 5 nitrogen and oxygen atoms in total. The minimum atomic E-state index is -0.730. The third kappa shape index (κ3) is 3.05. The third-order valence-electron chi connectivity index (χ3n) is 2.45. The summed E-state index contributed by atoms with van der Waals surface area (Å²) in [7, 11) is 0. The molecular weight excluding hydrogens is 317 g/mol. The SMILES string of the molecule is NC(=O)c1ccc(=O)n(Cc2cc(F)ccc2Br)n1. The van der Waals surface area contributed by atoms with Gasteiger partial charge in [0.25, 0.3) is 11.5 Å². The van der Waals surface area contributed by atoms with Gasteiger partial charge in [-0.3, -0.25) is 9.59 Å². The van der Waals surface area contributed by atoms with E-state index in [2.05, 4.69) is 21.0 Å². The van der Waals surface area contributed by atoms with E-state index in [4.69, 9.17) is 5.73 Å². The molecule has 1 aromatic carbocycles. The van der Waals surface area contributed by atoms with E-state index in [1.165, 1.54) is 30.3 Å². The van der Waals surface area contributed by atoms with Gasteiger partial charge in [-0.1, -0.05) is 15.9 Å². The molecule has 0 fully saturated rings. The van der Waals surface area contributed by atoms with Crippen molar-refractivity contribution in [3.05, 3.63) is 62.2 Å². The zero-order valence-electron chi connectivity index (χ0n) is 9.64. The molecule has 1 heterocycles.